The zero-order valence-corrected chi connectivity index (χ0v) is 7.68. The fraction of sp³-hybridized carbons (Fsp3) is 0.250. The van der Waals surface area contributed by atoms with Crippen LogP contribution in [0.5, 0.6) is 5.75 Å². The van der Waals surface area contributed by atoms with E-state index in [9.17, 15) is 21.7 Å². The van der Waals surface area contributed by atoms with Gasteiger partial charge in [0.25, 0.3) is 0 Å². The van der Waals surface area contributed by atoms with Crippen molar-refractivity contribution in [3.05, 3.63) is 23.8 Å². The standard InChI is InChI=1S/C8H7BF5O/c1-5-6(9(12,13)14)3-2-4-7(5)15-8(10)11/h2-4,8H,1H3/q-1. The molecule has 0 spiro atoms. The van der Waals surface area contributed by atoms with Crippen LogP contribution in [0, 0.1) is 6.92 Å². The molecule has 0 radical (unpaired) electrons. The molecule has 15 heavy (non-hydrogen) atoms. The molecule has 0 fully saturated rings. The molecule has 0 aliphatic heterocycles. The van der Waals surface area contributed by atoms with E-state index < -0.39 is 24.8 Å². The molecule has 7 heteroatoms. The number of alkyl halides is 2. The number of hydrogen-bond acceptors (Lipinski definition) is 1. The maximum absolute atomic E-state index is 12.4. The van der Waals surface area contributed by atoms with Crippen LogP contribution >= 0.6 is 0 Å². The lowest BCUT2D eigenvalue weighted by atomic mass is 9.77. The largest absolute Gasteiger partial charge is 0.510 e. The van der Waals surface area contributed by atoms with E-state index in [4.69, 9.17) is 0 Å². The fourth-order valence-electron chi connectivity index (χ4n) is 1.21. The molecular formula is C8H7BF5O-. The summed E-state index contributed by atoms with van der Waals surface area (Å²) in [6, 6.07) is 2.95. The molecule has 1 aromatic carbocycles. The monoisotopic (exact) mass is 225 g/mol. The Labute approximate surface area is 82.9 Å². The van der Waals surface area contributed by atoms with Crippen LogP contribution in [0.4, 0.5) is 21.7 Å². The summed E-state index contributed by atoms with van der Waals surface area (Å²) < 4.78 is 64.8. The number of rotatable bonds is 3. The van der Waals surface area contributed by atoms with Crippen LogP contribution in [0.3, 0.4) is 0 Å². The molecule has 0 aliphatic carbocycles. The van der Waals surface area contributed by atoms with Gasteiger partial charge in [-0.3, -0.25) is 0 Å². The third-order valence-electron chi connectivity index (χ3n) is 1.89. The molecule has 0 heterocycles. The van der Waals surface area contributed by atoms with Gasteiger partial charge in [0.1, 0.15) is 5.75 Å². The molecule has 1 nitrogen and oxygen atoms in total. The van der Waals surface area contributed by atoms with E-state index in [1.54, 1.807) is 0 Å². The van der Waals surface area contributed by atoms with Crippen LogP contribution in [0.1, 0.15) is 5.56 Å². The number of ether oxygens (including phenoxy) is 1. The van der Waals surface area contributed by atoms with Gasteiger partial charge in [-0.25, -0.2) is 0 Å². The minimum atomic E-state index is -5.20. The van der Waals surface area contributed by atoms with Crippen LogP contribution in [0.15, 0.2) is 18.2 Å². The third kappa shape index (κ3) is 2.84. The van der Waals surface area contributed by atoms with Gasteiger partial charge in [-0.1, -0.05) is 12.1 Å². The highest BCUT2D eigenvalue weighted by Crippen LogP contribution is 2.21. The molecular weight excluding hydrogens is 218 g/mol. The predicted octanol–water partition coefficient (Wildman–Crippen LogP) is 2.65. The highest BCUT2D eigenvalue weighted by molar-refractivity contribution is 6.74. The zero-order valence-electron chi connectivity index (χ0n) is 7.68. The van der Waals surface area contributed by atoms with Gasteiger partial charge in [-0.15, -0.1) is 5.46 Å². The first-order valence-electron chi connectivity index (χ1n) is 4.06. The summed E-state index contributed by atoms with van der Waals surface area (Å²) in [5.74, 6) is -0.443. The molecule has 0 saturated carbocycles. The molecule has 0 unspecified atom stereocenters. The average molecular weight is 225 g/mol. The van der Waals surface area contributed by atoms with E-state index in [2.05, 4.69) is 4.74 Å². The molecule has 0 aliphatic rings. The van der Waals surface area contributed by atoms with Crippen molar-refractivity contribution in [3.63, 3.8) is 0 Å². The fourth-order valence-corrected chi connectivity index (χ4v) is 1.21. The zero-order chi connectivity index (χ0) is 11.6. The van der Waals surface area contributed by atoms with E-state index in [1.165, 1.54) is 0 Å². The Kier molecular flexibility index (Phi) is 3.21. The lowest BCUT2D eigenvalue weighted by Crippen LogP contribution is -2.36. The van der Waals surface area contributed by atoms with Crippen LogP contribution in [0.2, 0.25) is 0 Å². The van der Waals surface area contributed by atoms with Crippen molar-refractivity contribution < 1.29 is 26.5 Å². The molecule has 84 valence electrons. The highest BCUT2D eigenvalue weighted by Gasteiger charge is 2.28. The Hall–Kier alpha value is -1.27. The first-order valence-corrected chi connectivity index (χ1v) is 4.06. The SMILES string of the molecule is Cc1c(OC(F)F)cccc1[B-](F)(F)F. The highest BCUT2D eigenvalue weighted by atomic mass is 19.4. The van der Waals surface area contributed by atoms with Crippen molar-refractivity contribution in [1.29, 1.82) is 0 Å². The van der Waals surface area contributed by atoms with Crippen molar-refractivity contribution in [2.75, 3.05) is 0 Å². The second kappa shape index (κ2) is 4.08. The molecule has 0 atom stereocenters. The van der Waals surface area contributed by atoms with Crippen molar-refractivity contribution in [2.45, 2.75) is 13.5 Å². The molecule has 1 rings (SSSR count). The maximum Gasteiger partial charge on any atom is 0.510 e. The van der Waals surface area contributed by atoms with Crippen LogP contribution < -0.4 is 10.2 Å². The van der Waals surface area contributed by atoms with Gasteiger partial charge in [-0.05, 0) is 18.6 Å². The Morgan fingerprint density at radius 3 is 2.27 bits per heavy atom. The second-order valence-electron chi connectivity index (χ2n) is 2.92. The second-order valence-corrected chi connectivity index (χ2v) is 2.92. The summed E-state index contributed by atoms with van der Waals surface area (Å²) in [7, 11) is 0. The van der Waals surface area contributed by atoms with Gasteiger partial charge in [0.05, 0.1) is 0 Å². The Balaban J connectivity index is 3.12. The molecule has 0 saturated heterocycles. The molecule has 0 bridgehead atoms. The Morgan fingerprint density at radius 1 is 1.20 bits per heavy atom. The van der Waals surface area contributed by atoms with E-state index in [0.717, 1.165) is 25.1 Å². The summed E-state index contributed by atoms with van der Waals surface area (Å²) in [6.07, 6.45) is 0. The Bertz CT molecular complexity index is 349. The summed E-state index contributed by atoms with van der Waals surface area (Å²) >= 11 is 0. The van der Waals surface area contributed by atoms with Gasteiger partial charge < -0.3 is 17.7 Å². The van der Waals surface area contributed by atoms with Crippen molar-refractivity contribution in [1.82, 2.24) is 0 Å². The minimum absolute atomic E-state index is 0.315. The molecule has 0 N–H and O–H groups in total. The Morgan fingerprint density at radius 2 is 1.80 bits per heavy atom. The number of halogens is 5. The van der Waals surface area contributed by atoms with Gasteiger partial charge in [0, 0.05) is 0 Å². The first kappa shape index (κ1) is 11.8. The van der Waals surface area contributed by atoms with Gasteiger partial charge in [0.2, 0.25) is 0 Å². The van der Waals surface area contributed by atoms with Crippen LogP contribution in [0.25, 0.3) is 0 Å². The minimum Gasteiger partial charge on any atom is -0.445 e. The lowest BCUT2D eigenvalue weighted by molar-refractivity contribution is -0.0502. The molecule has 0 amide bonds. The van der Waals surface area contributed by atoms with Crippen molar-refractivity contribution >= 4 is 12.4 Å². The summed E-state index contributed by atoms with van der Waals surface area (Å²) in [6.45, 7) is -7.23. The predicted molar refractivity (Wildman–Crippen MR) is 46.5 cm³/mol. The normalized spacial score (nSPS) is 11.9. The topological polar surface area (TPSA) is 9.23 Å². The van der Waals surface area contributed by atoms with Gasteiger partial charge in [-0.2, -0.15) is 8.78 Å². The first-order chi connectivity index (χ1) is 6.82. The van der Waals surface area contributed by atoms with E-state index >= 15 is 0 Å². The molecule has 0 aromatic heterocycles. The van der Waals surface area contributed by atoms with Crippen molar-refractivity contribution in [2.24, 2.45) is 0 Å². The summed E-state index contributed by atoms with van der Waals surface area (Å²) in [5.41, 5.74) is -1.22. The quantitative estimate of drug-likeness (QED) is 0.567. The van der Waals surface area contributed by atoms with E-state index in [1.807, 2.05) is 0 Å². The summed E-state index contributed by atoms with van der Waals surface area (Å²) in [5, 5.41) is 0. The lowest BCUT2D eigenvalue weighted by Gasteiger charge is -2.19. The maximum atomic E-state index is 12.4. The third-order valence-corrected chi connectivity index (χ3v) is 1.89. The molecule has 1 aromatic rings. The summed E-state index contributed by atoms with van der Waals surface area (Å²) in [4.78, 5) is 0. The van der Waals surface area contributed by atoms with Crippen LogP contribution in [-0.4, -0.2) is 13.6 Å². The van der Waals surface area contributed by atoms with Gasteiger partial charge in [0.15, 0.2) is 0 Å². The van der Waals surface area contributed by atoms with Crippen molar-refractivity contribution in [3.8, 4) is 5.75 Å². The average Bonchev–Trinajstić information content (AvgIpc) is 2.05. The van der Waals surface area contributed by atoms with Gasteiger partial charge >= 0.3 is 13.6 Å². The smallest absolute Gasteiger partial charge is 0.445 e. The van der Waals surface area contributed by atoms with E-state index in [-0.39, 0.29) is 5.56 Å². The van der Waals surface area contributed by atoms with Crippen LogP contribution in [-0.2, 0) is 0 Å². The van der Waals surface area contributed by atoms with E-state index in [0.29, 0.717) is 0 Å². The number of benzene rings is 1. The number of hydrogen-bond donors (Lipinski definition) is 0.